The number of rotatable bonds is 9. The molecule has 3 aromatic rings. The number of hydrogen-bond donors (Lipinski definition) is 0. The van der Waals surface area contributed by atoms with Crippen LogP contribution in [0.15, 0.2) is 78.9 Å². The molecule has 3 heteroatoms. The molecule has 0 bridgehead atoms. The van der Waals surface area contributed by atoms with Crippen molar-refractivity contribution < 1.29 is 9.53 Å². The molecule has 0 amide bonds. The standard InChI is InChI=1S/C27H27NO2/c1-30-27(29)25(11-5-9-21-7-3-2-4-8-21)18-15-22-13-16-24(17-14-22)26-12-6-10-23(19-26)20-28/h2-4,6-8,10,12-14,16-17,19,25H,5,9,11,15,18H2,1H3. The summed E-state index contributed by atoms with van der Waals surface area (Å²) in [4.78, 5) is 12.2. The van der Waals surface area contributed by atoms with Gasteiger partial charge in [-0.05, 0) is 66.5 Å². The Morgan fingerprint density at radius 2 is 1.60 bits per heavy atom. The van der Waals surface area contributed by atoms with Crippen LogP contribution >= 0.6 is 0 Å². The molecule has 0 aliphatic rings. The zero-order valence-electron chi connectivity index (χ0n) is 17.4. The predicted octanol–water partition coefficient (Wildman–Crippen LogP) is 5.97. The van der Waals surface area contributed by atoms with Crippen LogP contribution in [0.4, 0.5) is 0 Å². The van der Waals surface area contributed by atoms with Crippen LogP contribution in [0.3, 0.4) is 0 Å². The van der Waals surface area contributed by atoms with Crippen LogP contribution in [-0.4, -0.2) is 13.1 Å². The number of aryl methyl sites for hydroxylation is 2. The predicted molar refractivity (Wildman–Crippen MR) is 120 cm³/mol. The van der Waals surface area contributed by atoms with E-state index < -0.39 is 0 Å². The maximum Gasteiger partial charge on any atom is 0.308 e. The Balaban J connectivity index is 1.56. The van der Waals surface area contributed by atoms with Gasteiger partial charge in [0.15, 0.2) is 0 Å². The van der Waals surface area contributed by atoms with Gasteiger partial charge in [-0.2, -0.15) is 5.26 Å². The summed E-state index contributed by atoms with van der Waals surface area (Å²) < 4.78 is 5.04. The van der Waals surface area contributed by atoms with Crippen molar-refractivity contribution in [2.45, 2.75) is 32.1 Å². The van der Waals surface area contributed by atoms with Gasteiger partial charge in [-0.1, -0.05) is 66.7 Å². The van der Waals surface area contributed by atoms with Crippen LogP contribution in [0.25, 0.3) is 11.1 Å². The number of methoxy groups -OCH3 is 1. The quantitative estimate of drug-likeness (QED) is 0.418. The van der Waals surface area contributed by atoms with Gasteiger partial charge in [-0.3, -0.25) is 4.79 Å². The minimum absolute atomic E-state index is 0.0781. The van der Waals surface area contributed by atoms with E-state index in [9.17, 15) is 4.79 Å². The van der Waals surface area contributed by atoms with E-state index in [0.717, 1.165) is 43.2 Å². The Morgan fingerprint density at radius 1 is 0.867 bits per heavy atom. The van der Waals surface area contributed by atoms with E-state index >= 15 is 0 Å². The highest BCUT2D eigenvalue weighted by atomic mass is 16.5. The van der Waals surface area contributed by atoms with Gasteiger partial charge in [0.2, 0.25) is 0 Å². The number of nitriles is 1. The van der Waals surface area contributed by atoms with Crippen molar-refractivity contribution in [3.05, 3.63) is 95.6 Å². The van der Waals surface area contributed by atoms with Crippen LogP contribution in [0.2, 0.25) is 0 Å². The lowest BCUT2D eigenvalue weighted by atomic mass is 9.92. The van der Waals surface area contributed by atoms with E-state index in [4.69, 9.17) is 10.00 Å². The van der Waals surface area contributed by atoms with Crippen LogP contribution in [0.5, 0.6) is 0 Å². The number of nitrogens with zero attached hydrogens (tertiary/aromatic N) is 1. The van der Waals surface area contributed by atoms with Gasteiger partial charge in [0.1, 0.15) is 0 Å². The van der Waals surface area contributed by atoms with Gasteiger partial charge < -0.3 is 4.74 Å². The van der Waals surface area contributed by atoms with E-state index in [1.165, 1.54) is 18.2 Å². The Bertz CT molecular complexity index is 987. The van der Waals surface area contributed by atoms with Crippen LogP contribution in [-0.2, 0) is 22.4 Å². The van der Waals surface area contributed by atoms with Crippen molar-refractivity contribution in [3.63, 3.8) is 0 Å². The fourth-order valence-corrected chi connectivity index (χ4v) is 3.72. The molecule has 0 radical (unpaired) electrons. The monoisotopic (exact) mass is 397 g/mol. The van der Waals surface area contributed by atoms with E-state index in [1.54, 1.807) is 0 Å². The number of hydrogen-bond acceptors (Lipinski definition) is 3. The second-order valence-corrected chi connectivity index (χ2v) is 7.53. The summed E-state index contributed by atoms with van der Waals surface area (Å²) in [6.45, 7) is 0. The zero-order chi connectivity index (χ0) is 21.2. The summed E-state index contributed by atoms with van der Waals surface area (Å²) >= 11 is 0. The molecule has 3 aromatic carbocycles. The summed E-state index contributed by atoms with van der Waals surface area (Å²) in [6.07, 6.45) is 4.40. The molecule has 30 heavy (non-hydrogen) atoms. The molecule has 0 saturated carbocycles. The van der Waals surface area contributed by atoms with Crippen molar-refractivity contribution >= 4 is 5.97 Å². The van der Waals surface area contributed by atoms with Crippen molar-refractivity contribution in [2.75, 3.05) is 7.11 Å². The number of carbonyl (C=O) groups is 1. The van der Waals surface area contributed by atoms with E-state index in [0.29, 0.717) is 5.56 Å². The molecular weight excluding hydrogens is 370 g/mol. The van der Waals surface area contributed by atoms with Crippen molar-refractivity contribution in [1.82, 2.24) is 0 Å². The van der Waals surface area contributed by atoms with E-state index in [-0.39, 0.29) is 11.9 Å². The third-order valence-corrected chi connectivity index (χ3v) is 5.46. The number of esters is 1. The molecule has 0 aliphatic heterocycles. The lowest BCUT2D eigenvalue weighted by Crippen LogP contribution is -2.17. The van der Waals surface area contributed by atoms with Gasteiger partial charge in [0, 0.05) is 0 Å². The average Bonchev–Trinajstić information content (AvgIpc) is 2.81. The van der Waals surface area contributed by atoms with Gasteiger partial charge >= 0.3 is 5.97 Å². The Morgan fingerprint density at radius 3 is 2.30 bits per heavy atom. The highest BCUT2D eigenvalue weighted by Crippen LogP contribution is 2.23. The molecule has 0 aliphatic carbocycles. The molecule has 0 spiro atoms. The highest BCUT2D eigenvalue weighted by molar-refractivity contribution is 5.72. The maximum atomic E-state index is 12.2. The smallest absolute Gasteiger partial charge is 0.308 e. The summed E-state index contributed by atoms with van der Waals surface area (Å²) in [5.41, 5.74) is 5.29. The molecule has 0 fully saturated rings. The third kappa shape index (κ3) is 6.06. The third-order valence-electron chi connectivity index (χ3n) is 5.46. The summed E-state index contributed by atoms with van der Waals surface area (Å²) in [6, 6.07) is 28.5. The summed E-state index contributed by atoms with van der Waals surface area (Å²) in [7, 11) is 1.47. The van der Waals surface area contributed by atoms with Crippen molar-refractivity contribution in [1.29, 1.82) is 5.26 Å². The summed E-state index contributed by atoms with van der Waals surface area (Å²) in [5.74, 6) is -0.196. The fourth-order valence-electron chi connectivity index (χ4n) is 3.72. The SMILES string of the molecule is COC(=O)C(CCCc1ccccc1)CCc1ccc(-c2cccc(C#N)c2)cc1. The molecule has 0 saturated heterocycles. The Kier molecular flexibility index (Phi) is 7.80. The molecule has 1 unspecified atom stereocenters. The lowest BCUT2D eigenvalue weighted by molar-refractivity contribution is -0.145. The first-order valence-corrected chi connectivity index (χ1v) is 10.4. The van der Waals surface area contributed by atoms with E-state index in [1.807, 2.05) is 42.5 Å². The molecule has 0 heterocycles. The van der Waals surface area contributed by atoms with Crippen molar-refractivity contribution in [3.8, 4) is 17.2 Å². The van der Waals surface area contributed by atoms with Crippen LogP contribution in [0, 0.1) is 17.2 Å². The van der Waals surface area contributed by atoms with E-state index in [2.05, 4.69) is 42.5 Å². The Hall–Kier alpha value is -3.38. The fraction of sp³-hybridized carbons (Fsp3) is 0.259. The first kappa shape index (κ1) is 21.3. The topological polar surface area (TPSA) is 50.1 Å². The van der Waals surface area contributed by atoms with Gasteiger partial charge in [-0.25, -0.2) is 0 Å². The largest absolute Gasteiger partial charge is 0.469 e. The zero-order valence-corrected chi connectivity index (χ0v) is 17.4. The normalized spacial score (nSPS) is 11.5. The number of benzene rings is 3. The number of carbonyl (C=O) groups excluding carboxylic acids is 1. The Labute approximate surface area is 178 Å². The highest BCUT2D eigenvalue weighted by Gasteiger charge is 2.18. The second-order valence-electron chi connectivity index (χ2n) is 7.53. The molecule has 0 aromatic heterocycles. The number of ether oxygens (including phenoxy) is 1. The maximum absolute atomic E-state index is 12.2. The van der Waals surface area contributed by atoms with Gasteiger partial charge in [0.05, 0.1) is 24.7 Å². The second kappa shape index (κ2) is 11.0. The van der Waals surface area contributed by atoms with Crippen LogP contribution < -0.4 is 0 Å². The molecule has 1 atom stereocenters. The van der Waals surface area contributed by atoms with Gasteiger partial charge in [0.25, 0.3) is 0 Å². The lowest BCUT2D eigenvalue weighted by Gasteiger charge is -2.15. The van der Waals surface area contributed by atoms with Crippen LogP contribution in [0.1, 0.15) is 36.0 Å². The molecule has 3 nitrogen and oxygen atoms in total. The molecule has 0 N–H and O–H groups in total. The molecule has 3 rings (SSSR count). The summed E-state index contributed by atoms with van der Waals surface area (Å²) in [5, 5.41) is 9.08. The van der Waals surface area contributed by atoms with Gasteiger partial charge in [-0.15, -0.1) is 0 Å². The minimum atomic E-state index is -0.118. The molecule has 152 valence electrons. The van der Waals surface area contributed by atoms with Crippen molar-refractivity contribution in [2.24, 2.45) is 5.92 Å². The minimum Gasteiger partial charge on any atom is -0.469 e. The molecular formula is C27H27NO2. The average molecular weight is 398 g/mol. The first-order chi connectivity index (χ1) is 14.7. The first-order valence-electron chi connectivity index (χ1n) is 10.4.